The zero-order valence-electron chi connectivity index (χ0n) is 13.9. The van der Waals surface area contributed by atoms with Crippen molar-refractivity contribution in [2.24, 2.45) is 0 Å². The van der Waals surface area contributed by atoms with E-state index < -0.39 is 24.6 Å². The normalized spacial score (nSPS) is 11.3. The molecule has 1 unspecified atom stereocenters. The number of aliphatic hydroxyl groups is 2. The SMILES string of the molecule is CC(O)C(=O)OCC(=O)O.CCCCCCCCCCCO. The number of rotatable bonds is 12. The van der Waals surface area contributed by atoms with E-state index in [9.17, 15) is 9.59 Å². The lowest BCUT2D eigenvalue weighted by Crippen LogP contribution is -2.22. The number of aliphatic carboxylic acids is 1. The Morgan fingerprint density at radius 1 is 0.955 bits per heavy atom. The van der Waals surface area contributed by atoms with Crippen LogP contribution < -0.4 is 0 Å². The fourth-order valence-corrected chi connectivity index (χ4v) is 1.68. The fourth-order valence-electron chi connectivity index (χ4n) is 1.68. The summed E-state index contributed by atoms with van der Waals surface area (Å²) in [5.41, 5.74) is 0. The first kappa shape index (κ1) is 23.1. The third-order valence-electron chi connectivity index (χ3n) is 2.94. The van der Waals surface area contributed by atoms with Gasteiger partial charge in [0.1, 0.15) is 6.10 Å². The molecule has 0 fully saturated rings. The summed E-state index contributed by atoms with van der Waals surface area (Å²) >= 11 is 0. The van der Waals surface area contributed by atoms with Crippen molar-refractivity contribution in [1.82, 2.24) is 0 Å². The van der Waals surface area contributed by atoms with Gasteiger partial charge in [-0.15, -0.1) is 0 Å². The third-order valence-corrected chi connectivity index (χ3v) is 2.94. The highest BCUT2D eigenvalue weighted by molar-refractivity contribution is 5.77. The fraction of sp³-hybridized carbons (Fsp3) is 0.875. The summed E-state index contributed by atoms with van der Waals surface area (Å²) in [6, 6.07) is 0. The van der Waals surface area contributed by atoms with Crippen LogP contribution in [-0.2, 0) is 14.3 Å². The first-order valence-corrected chi connectivity index (χ1v) is 8.13. The molecule has 22 heavy (non-hydrogen) atoms. The lowest BCUT2D eigenvalue weighted by atomic mass is 10.1. The summed E-state index contributed by atoms with van der Waals surface area (Å²) in [5.74, 6) is -2.17. The number of carboxylic acids is 1. The second-order valence-corrected chi connectivity index (χ2v) is 5.23. The Hall–Kier alpha value is -1.14. The summed E-state index contributed by atoms with van der Waals surface area (Å²) in [6.45, 7) is 3.12. The summed E-state index contributed by atoms with van der Waals surface area (Å²) < 4.78 is 4.08. The lowest BCUT2D eigenvalue weighted by molar-refractivity contribution is -0.160. The monoisotopic (exact) mass is 320 g/mol. The molecule has 0 aliphatic heterocycles. The van der Waals surface area contributed by atoms with Crippen LogP contribution in [0, 0.1) is 0 Å². The average molecular weight is 320 g/mol. The molecule has 0 aliphatic carbocycles. The van der Waals surface area contributed by atoms with Crippen LogP contribution in [0.15, 0.2) is 0 Å². The van der Waals surface area contributed by atoms with Crippen LogP contribution in [0.25, 0.3) is 0 Å². The van der Waals surface area contributed by atoms with Crippen LogP contribution in [0.5, 0.6) is 0 Å². The molecule has 0 heterocycles. The number of hydrogen-bond acceptors (Lipinski definition) is 5. The number of carbonyl (C=O) groups is 2. The van der Waals surface area contributed by atoms with E-state index >= 15 is 0 Å². The van der Waals surface area contributed by atoms with Crippen LogP contribution in [-0.4, -0.2) is 46.6 Å². The molecule has 0 aromatic carbocycles. The summed E-state index contributed by atoms with van der Waals surface area (Å²) in [6.07, 6.45) is 10.6. The van der Waals surface area contributed by atoms with Crippen LogP contribution in [0.3, 0.4) is 0 Å². The summed E-state index contributed by atoms with van der Waals surface area (Å²) in [4.78, 5) is 20.1. The highest BCUT2D eigenvalue weighted by Crippen LogP contribution is 2.08. The molecule has 0 rings (SSSR count). The first-order chi connectivity index (χ1) is 10.5. The van der Waals surface area contributed by atoms with Gasteiger partial charge in [-0.3, -0.25) is 0 Å². The minimum atomic E-state index is -1.26. The molecular weight excluding hydrogens is 288 g/mol. The highest BCUT2D eigenvalue weighted by atomic mass is 16.6. The van der Waals surface area contributed by atoms with Crippen molar-refractivity contribution in [2.75, 3.05) is 13.2 Å². The minimum Gasteiger partial charge on any atom is -0.479 e. The number of unbranched alkanes of at least 4 members (excludes halogenated alkanes) is 8. The van der Waals surface area contributed by atoms with E-state index in [1.54, 1.807) is 0 Å². The number of ether oxygens (including phenoxy) is 1. The van der Waals surface area contributed by atoms with E-state index in [2.05, 4.69) is 11.7 Å². The maximum atomic E-state index is 10.3. The van der Waals surface area contributed by atoms with Crippen molar-refractivity contribution in [2.45, 2.75) is 77.7 Å². The van der Waals surface area contributed by atoms with Gasteiger partial charge in [0.2, 0.25) is 0 Å². The molecule has 0 amide bonds. The summed E-state index contributed by atoms with van der Waals surface area (Å²) in [7, 11) is 0. The molecule has 0 aliphatic rings. The van der Waals surface area contributed by atoms with Crippen molar-refractivity contribution in [3.63, 3.8) is 0 Å². The second kappa shape index (κ2) is 17.9. The minimum absolute atomic E-state index is 0.371. The van der Waals surface area contributed by atoms with E-state index in [1.165, 1.54) is 58.3 Å². The zero-order valence-corrected chi connectivity index (χ0v) is 13.9. The predicted octanol–water partition coefficient (Wildman–Crippen LogP) is 2.50. The van der Waals surface area contributed by atoms with Crippen LogP contribution in [0.1, 0.15) is 71.6 Å². The lowest BCUT2D eigenvalue weighted by Gasteiger charge is -2.01. The van der Waals surface area contributed by atoms with Gasteiger partial charge in [-0.1, -0.05) is 58.3 Å². The van der Waals surface area contributed by atoms with E-state index in [-0.39, 0.29) is 0 Å². The Morgan fingerprint density at radius 3 is 1.77 bits per heavy atom. The zero-order chi connectivity index (χ0) is 17.2. The maximum absolute atomic E-state index is 10.3. The van der Waals surface area contributed by atoms with Crippen molar-refractivity contribution in [1.29, 1.82) is 0 Å². The maximum Gasteiger partial charge on any atom is 0.341 e. The van der Waals surface area contributed by atoms with Crippen molar-refractivity contribution in [3.8, 4) is 0 Å². The van der Waals surface area contributed by atoms with Gasteiger partial charge < -0.3 is 20.1 Å². The average Bonchev–Trinajstić information content (AvgIpc) is 2.48. The molecule has 0 radical (unpaired) electrons. The molecule has 0 saturated carbocycles. The molecule has 132 valence electrons. The van der Waals surface area contributed by atoms with Gasteiger partial charge in [-0.2, -0.15) is 0 Å². The van der Waals surface area contributed by atoms with Gasteiger partial charge in [-0.25, -0.2) is 9.59 Å². The topological polar surface area (TPSA) is 104 Å². The molecule has 0 aromatic heterocycles. The van der Waals surface area contributed by atoms with E-state index in [4.69, 9.17) is 15.3 Å². The number of carbonyl (C=O) groups excluding carboxylic acids is 1. The Balaban J connectivity index is 0. The molecule has 0 spiro atoms. The molecular formula is C16H32O6. The van der Waals surface area contributed by atoms with Gasteiger partial charge in [0.05, 0.1) is 0 Å². The van der Waals surface area contributed by atoms with Gasteiger partial charge in [0.15, 0.2) is 6.61 Å². The number of carboxylic acid groups (broad SMARTS) is 1. The molecule has 0 aromatic rings. The van der Waals surface area contributed by atoms with Gasteiger partial charge >= 0.3 is 11.9 Å². The number of aliphatic hydroxyl groups excluding tert-OH is 2. The van der Waals surface area contributed by atoms with Crippen LogP contribution in [0.2, 0.25) is 0 Å². The molecule has 3 N–H and O–H groups in total. The van der Waals surface area contributed by atoms with Crippen molar-refractivity contribution >= 4 is 11.9 Å². The second-order valence-electron chi connectivity index (χ2n) is 5.23. The first-order valence-electron chi connectivity index (χ1n) is 8.13. The van der Waals surface area contributed by atoms with Crippen molar-refractivity contribution in [3.05, 3.63) is 0 Å². The van der Waals surface area contributed by atoms with E-state index in [0.29, 0.717) is 6.61 Å². The van der Waals surface area contributed by atoms with Gasteiger partial charge in [-0.05, 0) is 13.3 Å². The highest BCUT2D eigenvalue weighted by Gasteiger charge is 2.11. The molecule has 6 heteroatoms. The molecule has 0 saturated heterocycles. The van der Waals surface area contributed by atoms with Gasteiger partial charge in [0, 0.05) is 6.61 Å². The third kappa shape index (κ3) is 21.2. The van der Waals surface area contributed by atoms with Crippen LogP contribution >= 0.6 is 0 Å². The van der Waals surface area contributed by atoms with Crippen LogP contribution in [0.4, 0.5) is 0 Å². The van der Waals surface area contributed by atoms with E-state index in [1.807, 2.05) is 0 Å². The number of esters is 1. The predicted molar refractivity (Wildman–Crippen MR) is 84.6 cm³/mol. The Morgan fingerprint density at radius 2 is 1.41 bits per heavy atom. The Bertz CT molecular complexity index is 255. The smallest absolute Gasteiger partial charge is 0.341 e. The Kier molecular flexibility index (Phi) is 18.8. The molecule has 1 atom stereocenters. The Labute approximate surface area is 133 Å². The quantitative estimate of drug-likeness (QED) is 0.377. The molecule has 0 bridgehead atoms. The van der Waals surface area contributed by atoms with E-state index in [0.717, 1.165) is 6.42 Å². The van der Waals surface area contributed by atoms with Crippen molar-refractivity contribution < 1.29 is 29.6 Å². The van der Waals surface area contributed by atoms with Gasteiger partial charge in [0.25, 0.3) is 0 Å². The largest absolute Gasteiger partial charge is 0.479 e. The molecule has 6 nitrogen and oxygen atoms in total. The summed E-state index contributed by atoms with van der Waals surface area (Å²) in [5, 5.41) is 25.0. The number of hydrogen-bond donors (Lipinski definition) is 3. The standard InChI is InChI=1S/C11H24O.C5H8O5/c1-2-3-4-5-6-7-8-9-10-11-12;1-3(6)5(9)10-2-4(7)8/h12H,2-11H2,1H3;3,6H,2H2,1H3,(H,7,8).